The van der Waals surface area contributed by atoms with Gasteiger partial charge in [-0.15, -0.1) is 0 Å². The molecule has 0 saturated heterocycles. The van der Waals surface area contributed by atoms with Crippen molar-refractivity contribution in [1.82, 2.24) is 4.90 Å². The molecule has 0 aromatic heterocycles. The number of amides is 1. The number of methoxy groups -OCH3 is 1. The molecule has 1 aliphatic rings. The molecule has 0 bridgehead atoms. The number of nitrogens with zero attached hydrogens (tertiary/aromatic N) is 1. The first-order chi connectivity index (χ1) is 6.69. The lowest BCUT2D eigenvalue weighted by molar-refractivity contribution is -0.142. The zero-order valence-corrected chi connectivity index (χ0v) is 8.90. The van der Waals surface area contributed by atoms with Crippen molar-refractivity contribution in [3.63, 3.8) is 0 Å². The first-order valence-corrected chi connectivity index (χ1v) is 5.14. The van der Waals surface area contributed by atoms with Gasteiger partial charge in [-0.1, -0.05) is 0 Å². The monoisotopic (exact) mass is 201 g/mol. The van der Waals surface area contributed by atoms with E-state index in [1.165, 1.54) is 0 Å². The highest BCUT2D eigenvalue weighted by molar-refractivity contribution is 5.79. The zero-order valence-electron chi connectivity index (χ0n) is 8.90. The average molecular weight is 201 g/mol. The third-order valence-electron chi connectivity index (χ3n) is 2.72. The Morgan fingerprint density at radius 2 is 2.21 bits per heavy atom. The van der Waals surface area contributed by atoms with Crippen molar-refractivity contribution < 1.29 is 14.6 Å². The highest BCUT2D eigenvalue weighted by atomic mass is 16.5. The van der Waals surface area contributed by atoms with Gasteiger partial charge in [0.2, 0.25) is 5.91 Å². The molecule has 0 atom stereocenters. The summed E-state index contributed by atoms with van der Waals surface area (Å²) >= 11 is 0. The summed E-state index contributed by atoms with van der Waals surface area (Å²) in [5.74, 6) is 0.205. The molecule has 0 heterocycles. The topological polar surface area (TPSA) is 49.8 Å². The second-order valence-corrected chi connectivity index (χ2v) is 3.73. The van der Waals surface area contributed by atoms with E-state index < -0.39 is 0 Å². The molecule has 4 nitrogen and oxygen atoms in total. The van der Waals surface area contributed by atoms with Gasteiger partial charge in [-0.2, -0.15) is 0 Å². The molecule has 0 spiro atoms. The van der Waals surface area contributed by atoms with Crippen LogP contribution in [0, 0.1) is 5.92 Å². The minimum absolute atomic E-state index is 0.0433. The Morgan fingerprint density at radius 1 is 1.57 bits per heavy atom. The minimum atomic E-state index is -0.259. The fourth-order valence-electron chi connectivity index (χ4n) is 1.67. The van der Waals surface area contributed by atoms with Crippen LogP contribution in [0.15, 0.2) is 0 Å². The van der Waals surface area contributed by atoms with Crippen molar-refractivity contribution in [2.75, 3.05) is 26.8 Å². The van der Waals surface area contributed by atoms with E-state index in [9.17, 15) is 4.79 Å². The normalized spacial score (nSPS) is 25.6. The standard InChI is InChI=1S/C10H19NO3/c1-3-11(4-5-14-2)10(13)8-6-9(12)7-8/h8-9,12H,3-7H2,1-2H3. The van der Waals surface area contributed by atoms with Crippen LogP contribution in [0.1, 0.15) is 19.8 Å². The summed E-state index contributed by atoms with van der Waals surface area (Å²) in [6.07, 6.45) is 0.995. The maximum atomic E-state index is 11.8. The molecule has 1 fully saturated rings. The van der Waals surface area contributed by atoms with E-state index in [0.29, 0.717) is 26.0 Å². The number of rotatable bonds is 5. The van der Waals surface area contributed by atoms with Gasteiger partial charge >= 0.3 is 0 Å². The lowest BCUT2D eigenvalue weighted by Crippen LogP contribution is -2.44. The van der Waals surface area contributed by atoms with Crippen LogP contribution in [-0.2, 0) is 9.53 Å². The summed E-state index contributed by atoms with van der Waals surface area (Å²) in [7, 11) is 1.63. The number of aliphatic hydroxyl groups is 1. The van der Waals surface area contributed by atoms with Crippen LogP contribution in [0.5, 0.6) is 0 Å². The van der Waals surface area contributed by atoms with Crippen molar-refractivity contribution in [3.05, 3.63) is 0 Å². The Bertz CT molecular complexity index is 190. The Hall–Kier alpha value is -0.610. The third-order valence-corrected chi connectivity index (χ3v) is 2.72. The van der Waals surface area contributed by atoms with E-state index in [0.717, 1.165) is 6.54 Å². The average Bonchev–Trinajstić information content (AvgIpc) is 2.14. The van der Waals surface area contributed by atoms with Crippen molar-refractivity contribution in [2.45, 2.75) is 25.9 Å². The van der Waals surface area contributed by atoms with E-state index in [4.69, 9.17) is 9.84 Å². The van der Waals surface area contributed by atoms with Crippen LogP contribution in [-0.4, -0.2) is 48.8 Å². The maximum Gasteiger partial charge on any atom is 0.225 e. The van der Waals surface area contributed by atoms with E-state index in [1.807, 2.05) is 6.92 Å². The molecule has 0 radical (unpaired) electrons. The Morgan fingerprint density at radius 3 is 2.64 bits per heavy atom. The van der Waals surface area contributed by atoms with E-state index in [2.05, 4.69) is 0 Å². The zero-order chi connectivity index (χ0) is 10.6. The molecule has 0 unspecified atom stereocenters. The Labute approximate surface area is 84.8 Å². The second-order valence-electron chi connectivity index (χ2n) is 3.73. The fourth-order valence-corrected chi connectivity index (χ4v) is 1.67. The van der Waals surface area contributed by atoms with Gasteiger partial charge in [0, 0.05) is 26.1 Å². The van der Waals surface area contributed by atoms with E-state index in [1.54, 1.807) is 12.0 Å². The summed E-state index contributed by atoms with van der Waals surface area (Å²) in [4.78, 5) is 13.6. The van der Waals surface area contributed by atoms with Crippen molar-refractivity contribution in [1.29, 1.82) is 0 Å². The van der Waals surface area contributed by atoms with Gasteiger partial charge in [-0.05, 0) is 19.8 Å². The molecule has 1 N–H and O–H groups in total. The van der Waals surface area contributed by atoms with Crippen LogP contribution >= 0.6 is 0 Å². The lowest BCUT2D eigenvalue weighted by atomic mass is 9.81. The van der Waals surface area contributed by atoms with Gasteiger partial charge < -0.3 is 14.7 Å². The number of carbonyl (C=O) groups excluding carboxylic acids is 1. The smallest absolute Gasteiger partial charge is 0.225 e. The second kappa shape index (κ2) is 5.32. The Balaban J connectivity index is 2.32. The predicted molar refractivity (Wildman–Crippen MR) is 52.9 cm³/mol. The van der Waals surface area contributed by atoms with Gasteiger partial charge in [0.15, 0.2) is 0 Å². The Kier molecular flexibility index (Phi) is 4.35. The van der Waals surface area contributed by atoms with Crippen LogP contribution < -0.4 is 0 Å². The molecule has 1 aliphatic carbocycles. The van der Waals surface area contributed by atoms with Gasteiger partial charge in [0.25, 0.3) is 0 Å². The molecule has 1 rings (SSSR count). The highest BCUT2D eigenvalue weighted by Crippen LogP contribution is 2.28. The number of aliphatic hydroxyl groups excluding tert-OH is 1. The molecule has 0 aliphatic heterocycles. The van der Waals surface area contributed by atoms with Gasteiger partial charge in [-0.3, -0.25) is 4.79 Å². The summed E-state index contributed by atoms with van der Waals surface area (Å²) in [6, 6.07) is 0. The third kappa shape index (κ3) is 2.69. The largest absolute Gasteiger partial charge is 0.393 e. The molecular weight excluding hydrogens is 182 g/mol. The fraction of sp³-hybridized carbons (Fsp3) is 0.900. The molecule has 1 amide bonds. The summed E-state index contributed by atoms with van der Waals surface area (Å²) in [5, 5.41) is 9.10. The molecule has 82 valence electrons. The molecule has 1 saturated carbocycles. The SMILES string of the molecule is CCN(CCOC)C(=O)C1CC(O)C1. The van der Waals surface area contributed by atoms with Gasteiger partial charge in [-0.25, -0.2) is 0 Å². The molecule has 0 aromatic rings. The number of hydrogen-bond donors (Lipinski definition) is 1. The minimum Gasteiger partial charge on any atom is -0.393 e. The molecular formula is C10H19NO3. The van der Waals surface area contributed by atoms with Gasteiger partial charge in [0.1, 0.15) is 0 Å². The molecule has 14 heavy (non-hydrogen) atoms. The van der Waals surface area contributed by atoms with Crippen molar-refractivity contribution in [3.8, 4) is 0 Å². The van der Waals surface area contributed by atoms with Crippen molar-refractivity contribution in [2.24, 2.45) is 5.92 Å². The number of ether oxygens (including phenoxy) is 1. The number of carbonyl (C=O) groups is 1. The van der Waals surface area contributed by atoms with Crippen LogP contribution in [0.4, 0.5) is 0 Å². The van der Waals surface area contributed by atoms with Crippen molar-refractivity contribution >= 4 is 5.91 Å². The van der Waals surface area contributed by atoms with E-state index in [-0.39, 0.29) is 17.9 Å². The summed E-state index contributed by atoms with van der Waals surface area (Å²) in [5.41, 5.74) is 0. The lowest BCUT2D eigenvalue weighted by Gasteiger charge is -2.34. The molecule has 4 heteroatoms. The van der Waals surface area contributed by atoms with Crippen LogP contribution in [0.25, 0.3) is 0 Å². The predicted octanol–water partition coefficient (Wildman–Crippen LogP) is 0.252. The van der Waals surface area contributed by atoms with Crippen LogP contribution in [0.3, 0.4) is 0 Å². The van der Waals surface area contributed by atoms with Crippen LogP contribution in [0.2, 0.25) is 0 Å². The number of likely N-dealkylation sites (N-methyl/N-ethyl adjacent to an activating group) is 1. The molecule has 0 aromatic carbocycles. The first kappa shape index (κ1) is 11.5. The maximum absolute atomic E-state index is 11.8. The number of hydrogen-bond acceptors (Lipinski definition) is 3. The quantitative estimate of drug-likeness (QED) is 0.693. The summed E-state index contributed by atoms with van der Waals surface area (Å²) < 4.78 is 4.93. The van der Waals surface area contributed by atoms with Gasteiger partial charge in [0.05, 0.1) is 12.7 Å². The summed E-state index contributed by atoms with van der Waals surface area (Å²) in [6.45, 7) is 3.91. The first-order valence-electron chi connectivity index (χ1n) is 5.14. The van der Waals surface area contributed by atoms with E-state index >= 15 is 0 Å². The highest BCUT2D eigenvalue weighted by Gasteiger charge is 2.35.